The number of halogens is 2. The SMILES string of the molecule is CNC(c1ccccc1C)c1cc(Cl)ccc1I. The first kappa shape index (κ1) is 13.8. The Morgan fingerprint density at radius 3 is 2.50 bits per heavy atom. The Morgan fingerprint density at radius 1 is 1.11 bits per heavy atom. The van der Waals surface area contributed by atoms with E-state index in [1.54, 1.807) is 0 Å². The van der Waals surface area contributed by atoms with Crippen LogP contribution >= 0.6 is 34.2 Å². The fourth-order valence-electron chi connectivity index (χ4n) is 2.13. The maximum atomic E-state index is 6.11. The molecule has 1 unspecified atom stereocenters. The maximum absolute atomic E-state index is 6.11. The van der Waals surface area contributed by atoms with E-state index in [-0.39, 0.29) is 6.04 Å². The van der Waals surface area contributed by atoms with Gasteiger partial charge in [-0.3, -0.25) is 0 Å². The normalized spacial score (nSPS) is 12.4. The number of benzene rings is 2. The molecule has 0 aromatic heterocycles. The average molecular weight is 372 g/mol. The molecule has 0 aliphatic carbocycles. The lowest BCUT2D eigenvalue weighted by atomic mass is 9.95. The lowest BCUT2D eigenvalue weighted by molar-refractivity contribution is 0.684. The van der Waals surface area contributed by atoms with Crippen LogP contribution in [0, 0.1) is 10.5 Å². The molecule has 0 saturated heterocycles. The minimum atomic E-state index is 0.178. The fourth-order valence-corrected chi connectivity index (χ4v) is 2.95. The molecule has 94 valence electrons. The molecular formula is C15H15ClIN. The highest BCUT2D eigenvalue weighted by Crippen LogP contribution is 2.29. The van der Waals surface area contributed by atoms with E-state index in [4.69, 9.17) is 11.6 Å². The fraction of sp³-hybridized carbons (Fsp3) is 0.200. The van der Waals surface area contributed by atoms with Crippen LogP contribution in [0.25, 0.3) is 0 Å². The van der Waals surface area contributed by atoms with E-state index in [9.17, 15) is 0 Å². The van der Waals surface area contributed by atoms with Gasteiger partial charge in [0.1, 0.15) is 0 Å². The van der Waals surface area contributed by atoms with Gasteiger partial charge in [-0.25, -0.2) is 0 Å². The zero-order valence-electron chi connectivity index (χ0n) is 10.4. The van der Waals surface area contributed by atoms with Crippen LogP contribution in [-0.4, -0.2) is 7.05 Å². The molecule has 2 aromatic rings. The monoisotopic (exact) mass is 371 g/mol. The molecular weight excluding hydrogens is 357 g/mol. The molecule has 0 spiro atoms. The molecule has 2 aromatic carbocycles. The largest absolute Gasteiger partial charge is 0.309 e. The van der Waals surface area contributed by atoms with Gasteiger partial charge in [-0.1, -0.05) is 35.9 Å². The average Bonchev–Trinajstić information content (AvgIpc) is 2.36. The van der Waals surface area contributed by atoms with E-state index in [0.717, 1.165) is 5.02 Å². The molecule has 2 rings (SSSR count). The molecule has 0 aliphatic heterocycles. The van der Waals surface area contributed by atoms with Gasteiger partial charge < -0.3 is 5.32 Å². The number of aryl methyl sites for hydroxylation is 1. The van der Waals surface area contributed by atoms with Gasteiger partial charge in [-0.05, 0) is 71.5 Å². The highest BCUT2D eigenvalue weighted by atomic mass is 127. The van der Waals surface area contributed by atoms with Crippen molar-refractivity contribution in [3.63, 3.8) is 0 Å². The van der Waals surface area contributed by atoms with Crippen molar-refractivity contribution in [3.05, 3.63) is 67.7 Å². The van der Waals surface area contributed by atoms with Gasteiger partial charge in [0.25, 0.3) is 0 Å². The van der Waals surface area contributed by atoms with E-state index in [1.165, 1.54) is 20.3 Å². The van der Waals surface area contributed by atoms with Crippen LogP contribution in [0.15, 0.2) is 42.5 Å². The first-order valence-corrected chi connectivity index (χ1v) is 7.27. The van der Waals surface area contributed by atoms with Crippen LogP contribution in [0.2, 0.25) is 5.02 Å². The van der Waals surface area contributed by atoms with Gasteiger partial charge in [0.2, 0.25) is 0 Å². The molecule has 3 heteroatoms. The van der Waals surface area contributed by atoms with Crippen molar-refractivity contribution in [1.82, 2.24) is 5.32 Å². The molecule has 0 bridgehead atoms. The third-order valence-corrected chi connectivity index (χ3v) is 4.27. The first-order chi connectivity index (χ1) is 8.63. The summed E-state index contributed by atoms with van der Waals surface area (Å²) in [5.41, 5.74) is 3.80. The van der Waals surface area contributed by atoms with Crippen LogP contribution in [0.1, 0.15) is 22.7 Å². The van der Waals surface area contributed by atoms with Crippen molar-refractivity contribution in [3.8, 4) is 0 Å². The van der Waals surface area contributed by atoms with E-state index in [1.807, 2.05) is 19.2 Å². The minimum absolute atomic E-state index is 0.178. The molecule has 0 fully saturated rings. The number of hydrogen-bond acceptors (Lipinski definition) is 1. The Kier molecular flexibility index (Phi) is 4.65. The molecule has 0 radical (unpaired) electrons. The molecule has 0 aliphatic rings. The summed E-state index contributed by atoms with van der Waals surface area (Å²) in [6, 6.07) is 14.6. The molecule has 0 heterocycles. The predicted octanol–water partition coefficient (Wildman–Crippen LogP) is 4.56. The third kappa shape index (κ3) is 2.87. The second kappa shape index (κ2) is 6.04. The number of hydrogen-bond donors (Lipinski definition) is 1. The highest BCUT2D eigenvalue weighted by molar-refractivity contribution is 14.1. The lowest BCUT2D eigenvalue weighted by Crippen LogP contribution is -2.19. The molecule has 1 N–H and O–H groups in total. The van der Waals surface area contributed by atoms with Gasteiger partial charge >= 0.3 is 0 Å². The smallest absolute Gasteiger partial charge is 0.0587 e. The summed E-state index contributed by atoms with van der Waals surface area (Å²) < 4.78 is 1.22. The van der Waals surface area contributed by atoms with Gasteiger partial charge in [-0.15, -0.1) is 0 Å². The van der Waals surface area contributed by atoms with Crippen LogP contribution < -0.4 is 5.32 Å². The Hall–Kier alpha value is -0.580. The summed E-state index contributed by atoms with van der Waals surface area (Å²) in [4.78, 5) is 0. The van der Waals surface area contributed by atoms with Gasteiger partial charge in [0, 0.05) is 8.59 Å². The number of rotatable bonds is 3. The van der Waals surface area contributed by atoms with Crippen molar-refractivity contribution in [2.24, 2.45) is 0 Å². The second-order valence-corrected chi connectivity index (χ2v) is 5.84. The summed E-state index contributed by atoms with van der Waals surface area (Å²) in [6.07, 6.45) is 0. The Morgan fingerprint density at radius 2 is 1.83 bits per heavy atom. The second-order valence-electron chi connectivity index (χ2n) is 4.24. The van der Waals surface area contributed by atoms with Crippen molar-refractivity contribution in [2.45, 2.75) is 13.0 Å². The van der Waals surface area contributed by atoms with Crippen molar-refractivity contribution in [1.29, 1.82) is 0 Å². The zero-order valence-corrected chi connectivity index (χ0v) is 13.3. The molecule has 0 amide bonds. The van der Waals surface area contributed by atoms with Crippen molar-refractivity contribution >= 4 is 34.2 Å². The maximum Gasteiger partial charge on any atom is 0.0587 e. The van der Waals surface area contributed by atoms with Gasteiger partial charge in [-0.2, -0.15) is 0 Å². The van der Waals surface area contributed by atoms with E-state index in [2.05, 4.69) is 65.2 Å². The molecule has 1 nitrogen and oxygen atoms in total. The van der Waals surface area contributed by atoms with Gasteiger partial charge in [0.05, 0.1) is 6.04 Å². The van der Waals surface area contributed by atoms with E-state index >= 15 is 0 Å². The number of nitrogens with one attached hydrogen (secondary N) is 1. The molecule has 18 heavy (non-hydrogen) atoms. The van der Waals surface area contributed by atoms with Crippen LogP contribution in [-0.2, 0) is 0 Å². The summed E-state index contributed by atoms with van der Waals surface area (Å²) >= 11 is 8.47. The standard InChI is InChI=1S/C15H15ClIN/c1-10-5-3-4-6-12(10)15(18-2)13-9-11(16)7-8-14(13)17/h3-9,15,18H,1-2H3. The Bertz CT molecular complexity index is 554. The topological polar surface area (TPSA) is 12.0 Å². The van der Waals surface area contributed by atoms with E-state index < -0.39 is 0 Å². The zero-order chi connectivity index (χ0) is 13.1. The summed E-state index contributed by atoms with van der Waals surface area (Å²) in [6.45, 7) is 2.14. The quantitative estimate of drug-likeness (QED) is 0.780. The minimum Gasteiger partial charge on any atom is -0.309 e. The van der Waals surface area contributed by atoms with Crippen molar-refractivity contribution < 1.29 is 0 Å². The van der Waals surface area contributed by atoms with E-state index in [0.29, 0.717) is 0 Å². The third-order valence-electron chi connectivity index (χ3n) is 3.06. The Labute approximate surface area is 127 Å². The molecule has 1 atom stereocenters. The Balaban J connectivity index is 2.52. The molecule has 0 saturated carbocycles. The van der Waals surface area contributed by atoms with Crippen LogP contribution in [0.4, 0.5) is 0 Å². The first-order valence-electron chi connectivity index (χ1n) is 5.81. The van der Waals surface area contributed by atoms with Crippen molar-refractivity contribution in [2.75, 3.05) is 7.05 Å². The predicted molar refractivity (Wildman–Crippen MR) is 86.3 cm³/mol. The summed E-state index contributed by atoms with van der Waals surface area (Å²) in [5, 5.41) is 4.16. The van der Waals surface area contributed by atoms with Crippen LogP contribution in [0.3, 0.4) is 0 Å². The highest BCUT2D eigenvalue weighted by Gasteiger charge is 2.16. The summed E-state index contributed by atoms with van der Waals surface area (Å²) in [7, 11) is 1.98. The lowest BCUT2D eigenvalue weighted by Gasteiger charge is -2.21. The summed E-state index contributed by atoms with van der Waals surface area (Å²) in [5.74, 6) is 0. The van der Waals surface area contributed by atoms with Gasteiger partial charge in [0.15, 0.2) is 0 Å². The van der Waals surface area contributed by atoms with Crippen LogP contribution in [0.5, 0.6) is 0 Å².